The van der Waals surface area contributed by atoms with Crippen molar-refractivity contribution < 1.29 is 0 Å². The third-order valence-electron chi connectivity index (χ3n) is 1.99. The van der Waals surface area contributed by atoms with Gasteiger partial charge in [-0.05, 0) is 36.5 Å². The zero-order chi connectivity index (χ0) is 11.6. The van der Waals surface area contributed by atoms with Gasteiger partial charge in [0.2, 0.25) is 0 Å². The fourth-order valence-corrected chi connectivity index (χ4v) is 1.86. The lowest BCUT2D eigenvalue weighted by Crippen LogP contribution is -2.09. The minimum atomic E-state index is 0.109. The molecule has 1 heterocycles. The second kappa shape index (κ2) is 4.57. The Hall–Kier alpha value is -1.17. The van der Waals surface area contributed by atoms with Gasteiger partial charge < -0.3 is 5.32 Å². The van der Waals surface area contributed by atoms with E-state index in [1.54, 1.807) is 11.7 Å². The lowest BCUT2D eigenvalue weighted by molar-refractivity contribution is 0.536. The standard InChI is InChI=1S/C9H14BrN5/c1-5(2)15-9(13-4)6(7(10)14-15)8(11)12-3/h5,11,13H,3H2,1-2,4H3. The monoisotopic (exact) mass is 271 g/mol. The van der Waals surface area contributed by atoms with E-state index in [1.807, 2.05) is 13.8 Å². The van der Waals surface area contributed by atoms with Crippen LogP contribution in [0.4, 0.5) is 5.82 Å². The fourth-order valence-electron chi connectivity index (χ4n) is 1.31. The predicted octanol–water partition coefficient (Wildman–Crippen LogP) is 2.29. The van der Waals surface area contributed by atoms with Crippen LogP contribution in [0.25, 0.3) is 0 Å². The van der Waals surface area contributed by atoms with Gasteiger partial charge in [-0.15, -0.1) is 0 Å². The molecule has 15 heavy (non-hydrogen) atoms. The molecule has 0 aliphatic carbocycles. The largest absolute Gasteiger partial charge is 0.373 e. The molecule has 0 saturated heterocycles. The molecule has 0 unspecified atom stereocenters. The summed E-state index contributed by atoms with van der Waals surface area (Å²) in [6, 6.07) is 0.218. The smallest absolute Gasteiger partial charge is 0.157 e. The summed E-state index contributed by atoms with van der Waals surface area (Å²) in [4.78, 5) is 3.61. The number of halogens is 1. The molecular formula is C9H14BrN5. The van der Waals surface area contributed by atoms with Crippen LogP contribution in [0, 0.1) is 5.41 Å². The Kier molecular flexibility index (Phi) is 3.62. The van der Waals surface area contributed by atoms with Crippen LogP contribution in [-0.4, -0.2) is 29.4 Å². The summed E-state index contributed by atoms with van der Waals surface area (Å²) in [7, 11) is 1.79. The normalized spacial score (nSPS) is 10.5. The predicted molar refractivity (Wildman–Crippen MR) is 66.2 cm³/mol. The molecule has 0 radical (unpaired) electrons. The highest BCUT2D eigenvalue weighted by Crippen LogP contribution is 2.27. The highest BCUT2D eigenvalue weighted by atomic mass is 79.9. The molecule has 0 aromatic carbocycles. The zero-order valence-corrected chi connectivity index (χ0v) is 10.6. The van der Waals surface area contributed by atoms with Crippen LogP contribution in [0.15, 0.2) is 9.60 Å². The number of hydrogen-bond acceptors (Lipinski definition) is 3. The van der Waals surface area contributed by atoms with Gasteiger partial charge in [0.05, 0.1) is 5.56 Å². The van der Waals surface area contributed by atoms with E-state index in [0.29, 0.717) is 10.2 Å². The van der Waals surface area contributed by atoms with Crippen LogP contribution in [0.1, 0.15) is 25.5 Å². The number of amidine groups is 1. The molecule has 1 rings (SSSR count). The molecule has 0 aliphatic heterocycles. The Morgan fingerprint density at radius 2 is 2.27 bits per heavy atom. The molecule has 6 heteroatoms. The Bertz CT molecular complexity index is 393. The van der Waals surface area contributed by atoms with E-state index in [4.69, 9.17) is 5.41 Å². The van der Waals surface area contributed by atoms with Crippen molar-refractivity contribution in [1.29, 1.82) is 5.41 Å². The fraction of sp³-hybridized carbons (Fsp3) is 0.444. The molecule has 0 atom stereocenters. The maximum atomic E-state index is 7.67. The number of nitrogens with zero attached hydrogens (tertiary/aromatic N) is 3. The van der Waals surface area contributed by atoms with E-state index in [-0.39, 0.29) is 11.9 Å². The van der Waals surface area contributed by atoms with Gasteiger partial charge in [-0.2, -0.15) is 5.10 Å². The van der Waals surface area contributed by atoms with Crippen molar-refractivity contribution in [2.24, 2.45) is 4.99 Å². The lowest BCUT2D eigenvalue weighted by Gasteiger charge is -2.10. The summed E-state index contributed by atoms with van der Waals surface area (Å²) in [6.07, 6.45) is 0. The zero-order valence-electron chi connectivity index (χ0n) is 9.00. The summed E-state index contributed by atoms with van der Waals surface area (Å²) in [5.74, 6) is 0.882. The van der Waals surface area contributed by atoms with Gasteiger partial charge in [-0.3, -0.25) is 5.41 Å². The van der Waals surface area contributed by atoms with Crippen LogP contribution in [0.5, 0.6) is 0 Å². The van der Waals surface area contributed by atoms with Crippen LogP contribution in [0.3, 0.4) is 0 Å². The van der Waals surface area contributed by atoms with E-state index in [2.05, 4.69) is 38.1 Å². The highest BCUT2D eigenvalue weighted by molar-refractivity contribution is 9.10. The molecule has 1 aromatic heterocycles. The average molecular weight is 272 g/mol. The third kappa shape index (κ3) is 2.09. The number of aliphatic imine (C=N–C) groups is 1. The number of aromatic nitrogens is 2. The highest BCUT2D eigenvalue weighted by Gasteiger charge is 2.19. The lowest BCUT2D eigenvalue weighted by atomic mass is 10.3. The maximum absolute atomic E-state index is 7.67. The number of rotatable bonds is 3. The van der Waals surface area contributed by atoms with Gasteiger partial charge in [-0.1, -0.05) is 0 Å². The van der Waals surface area contributed by atoms with E-state index < -0.39 is 0 Å². The van der Waals surface area contributed by atoms with Crippen molar-refractivity contribution in [2.75, 3.05) is 12.4 Å². The van der Waals surface area contributed by atoms with Gasteiger partial charge in [0.25, 0.3) is 0 Å². The third-order valence-corrected chi connectivity index (χ3v) is 2.54. The average Bonchev–Trinajstić information content (AvgIpc) is 2.54. The molecule has 0 spiro atoms. The van der Waals surface area contributed by atoms with Crippen LogP contribution in [0.2, 0.25) is 0 Å². The van der Waals surface area contributed by atoms with Crippen molar-refractivity contribution in [3.63, 3.8) is 0 Å². The minimum absolute atomic E-state index is 0.109. The second-order valence-electron chi connectivity index (χ2n) is 3.31. The quantitative estimate of drug-likeness (QED) is 0.655. The molecular weight excluding hydrogens is 258 g/mol. The van der Waals surface area contributed by atoms with Gasteiger partial charge in [0, 0.05) is 13.1 Å². The molecule has 0 amide bonds. The first-order valence-electron chi connectivity index (χ1n) is 4.54. The molecule has 0 bridgehead atoms. The maximum Gasteiger partial charge on any atom is 0.157 e. The first-order chi connectivity index (χ1) is 7.02. The summed E-state index contributed by atoms with van der Waals surface area (Å²) < 4.78 is 2.41. The van der Waals surface area contributed by atoms with Crippen molar-refractivity contribution in [1.82, 2.24) is 9.78 Å². The van der Waals surface area contributed by atoms with Crippen LogP contribution < -0.4 is 5.32 Å². The number of hydrogen-bond donors (Lipinski definition) is 2. The summed E-state index contributed by atoms with van der Waals surface area (Å²) in [5, 5.41) is 15.0. The van der Waals surface area contributed by atoms with Crippen molar-refractivity contribution in [3.8, 4) is 0 Å². The van der Waals surface area contributed by atoms with Gasteiger partial charge in [0.1, 0.15) is 10.4 Å². The summed E-state index contributed by atoms with van der Waals surface area (Å²) >= 11 is 3.32. The van der Waals surface area contributed by atoms with Gasteiger partial charge >= 0.3 is 0 Å². The van der Waals surface area contributed by atoms with Crippen molar-refractivity contribution >= 4 is 34.3 Å². The van der Waals surface area contributed by atoms with E-state index in [0.717, 1.165) is 5.82 Å². The molecule has 2 N–H and O–H groups in total. The topological polar surface area (TPSA) is 66.1 Å². The van der Waals surface area contributed by atoms with Crippen molar-refractivity contribution in [2.45, 2.75) is 19.9 Å². The first-order valence-corrected chi connectivity index (χ1v) is 5.33. The van der Waals surface area contributed by atoms with Crippen molar-refractivity contribution in [3.05, 3.63) is 10.2 Å². The minimum Gasteiger partial charge on any atom is -0.373 e. The van der Waals surface area contributed by atoms with E-state index in [9.17, 15) is 0 Å². The first kappa shape index (κ1) is 11.9. The molecule has 5 nitrogen and oxygen atoms in total. The second-order valence-corrected chi connectivity index (χ2v) is 4.06. The summed E-state index contributed by atoms with van der Waals surface area (Å²) in [5.41, 5.74) is 0.640. The molecule has 0 fully saturated rings. The van der Waals surface area contributed by atoms with Crippen LogP contribution >= 0.6 is 15.9 Å². The number of anilines is 1. The van der Waals surface area contributed by atoms with Crippen LogP contribution in [-0.2, 0) is 0 Å². The van der Waals surface area contributed by atoms with E-state index >= 15 is 0 Å². The van der Waals surface area contributed by atoms with Gasteiger partial charge in [-0.25, -0.2) is 9.67 Å². The number of nitrogens with one attached hydrogen (secondary N) is 2. The Morgan fingerprint density at radius 1 is 1.67 bits per heavy atom. The van der Waals surface area contributed by atoms with E-state index in [1.165, 1.54) is 0 Å². The SMILES string of the molecule is C=NC(=N)c1c(Br)nn(C(C)C)c1NC. The Balaban J connectivity index is 3.37. The molecule has 1 aromatic rings. The summed E-state index contributed by atoms with van der Waals surface area (Å²) in [6.45, 7) is 7.39. The molecule has 0 aliphatic rings. The van der Waals surface area contributed by atoms with Gasteiger partial charge in [0.15, 0.2) is 5.84 Å². The molecule has 82 valence electrons. The molecule has 0 saturated carbocycles. The Morgan fingerprint density at radius 3 is 2.67 bits per heavy atom. The Labute approximate surface area is 97.2 Å².